The molecular weight excluding hydrogens is 441 g/mol. The SMILES string of the molecule is CCS(=O)(=O)c1cc(-c2cccc(C)n2)cnc1-c1cc2cc(C(F)(F)F)ncc2n1C. The molecule has 6 nitrogen and oxygen atoms in total. The number of hydrogen-bond donors (Lipinski definition) is 0. The normalized spacial score (nSPS) is 12.4. The van der Waals surface area contributed by atoms with Crippen LogP contribution < -0.4 is 0 Å². The van der Waals surface area contributed by atoms with Gasteiger partial charge in [0, 0.05) is 29.9 Å². The molecule has 0 bridgehead atoms. The van der Waals surface area contributed by atoms with Crippen molar-refractivity contribution in [3.05, 3.63) is 60.2 Å². The van der Waals surface area contributed by atoms with E-state index in [0.29, 0.717) is 22.5 Å². The molecule has 0 N–H and O–H groups in total. The third-order valence-corrected chi connectivity index (χ3v) is 6.96. The first-order valence-corrected chi connectivity index (χ1v) is 11.4. The Bertz CT molecular complexity index is 1440. The van der Waals surface area contributed by atoms with Crippen LogP contribution in [0.4, 0.5) is 13.2 Å². The number of aryl methyl sites for hydroxylation is 2. The average molecular weight is 460 g/mol. The maximum Gasteiger partial charge on any atom is 0.433 e. The van der Waals surface area contributed by atoms with Crippen LogP contribution in [-0.4, -0.2) is 33.7 Å². The van der Waals surface area contributed by atoms with E-state index >= 15 is 0 Å². The minimum absolute atomic E-state index is 0.00397. The summed E-state index contributed by atoms with van der Waals surface area (Å²) in [4.78, 5) is 12.3. The Hall–Kier alpha value is -3.27. The Morgan fingerprint density at radius 2 is 1.81 bits per heavy atom. The molecule has 0 saturated heterocycles. The van der Waals surface area contributed by atoms with Crippen molar-refractivity contribution in [2.24, 2.45) is 7.05 Å². The van der Waals surface area contributed by atoms with Crippen LogP contribution in [0.1, 0.15) is 18.3 Å². The molecule has 4 aromatic rings. The molecule has 0 atom stereocenters. The van der Waals surface area contributed by atoms with E-state index in [9.17, 15) is 21.6 Å². The number of sulfone groups is 1. The van der Waals surface area contributed by atoms with Gasteiger partial charge in [-0.15, -0.1) is 0 Å². The molecule has 0 unspecified atom stereocenters. The Balaban J connectivity index is 1.95. The lowest BCUT2D eigenvalue weighted by Gasteiger charge is -2.12. The molecule has 0 saturated carbocycles. The van der Waals surface area contributed by atoms with E-state index in [1.165, 1.54) is 25.3 Å². The van der Waals surface area contributed by atoms with Gasteiger partial charge in [0.05, 0.1) is 33.7 Å². The van der Waals surface area contributed by atoms with Crippen molar-refractivity contribution >= 4 is 20.7 Å². The van der Waals surface area contributed by atoms with Gasteiger partial charge in [-0.1, -0.05) is 13.0 Å². The summed E-state index contributed by atoms with van der Waals surface area (Å²) in [5.74, 6) is -0.157. The number of rotatable bonds is 4. The maximum atomic E-state index is 13.1. The fraction of sp³-hybridized carbons (Fsp3) is 0.227. The van der Waals surface area contributed by atoms with Gasteiger partial charge in [0.25, 0.3) is 0 Å². The van der Waals surface area contributed by atoms with Crippen molar-refractivity contribution in [1.29, 1.82) is 0 Å². The summed E-state index contributed by atoms with van der Waals surface area (Å²) in [5, 5.41) is 0.288. The van der Waals surface area contributed by atoms with E-state index < -0.39 is 21.7 Å². The molecule has 10 heteroatoms. The Morgan fingerprint density at radius 3 is 2.47 bits per heavy atom. The lowest BCUT2D eigenvalue weighted by Crippen LogP contribution is -2.09. The van der Waals surface area contributed by atoms with Crippen LogP contribution in [0.15, 0.2) is 53.7 Å². The molecule has 0 aliphatic rings. The minimum atomic E-state index is -4.58. The van der Waals surface area contributed by atoms with Gasteiger partial charge in [-0.05, 0) is 37.3 Å². The number of halogens is 3. The number of alkyl halides is 3. The van der Waals surface area contributed by atoms with Crippen LogP contribution in [-0.2, 0) is 23.1 Å². The van der Waals surface area contributed by atoms with Crippen molar-refractivity contribution in [2.45, 2.75) is 24.9 Å². The summed E-state index contributed by atoms with van der Waals surface area (Å²) in [6, 6.07) is 9.35. The Labute approximate surface area is 182 Å². The van der Waals surface area contributed by atoms with Crippen LogP contribution in [0.25, 0.3) is 33.5 Å². The first kappa shape index (κ1) is 21.9. The zero-order valence-electron chi connectivity index (χ0n) is 17.5. The van der Waals surface area contributed by atoms with E-state index in [0.717, 1.165) is 18.0 Å². The first-order valence-electron chi connectivity index (χ1n) is 9.71. The molecule has 32 heavy (non-hydrogen) atoms. The highest BCUT2D eigenvalue weighted by Crippen LogP contribution is 2.35. The van der Waals surface area contributed by atoms with Crippen molar-refractivity contribution in [3.8, 4) is 22.6 Å². The fourth-order valence-electron chi connectivity index (χ4n) is 3.49. The Kier molecular flexibility index (Phi) is 5.28. The highest BCUT2D eigenvalue weighted by atomic mass is 32.2. The molecule has 0 fully saturated rings. The number of hydrogen-bond acceptors (Lipinski definition) is 5. The molecule has 0 aliphatic heterocycles. The van der Waals surface area contributed by atoms with E-state index in [1.54, 1.807) is 17.7 Å². The molecular formula is C22H19F3N4O2S. The van der Waals surface area contributed by atoms with Crippen molar-refractivity contribution < 1.29 is 21.6 Å². The quantitative estimate of drug-likeness (QED) is 0.436. The third kappa shape index (κ3) is 3.86. The minimum Gasteiger partial charge on any atom is -0.341 e. The predicted molar refractivity (Wildman–Crippen MR) is 115 cm³/mol. The number of nitrogens with zero attached hydrogens (tertiary/aromatic N) is 4. The molecule has 166 valence electrons. The summed E-state index contributed by atoms with van der Waals surface area (Å²) in [7, 11) is -2.07. The van der Waals surface area contributed by atoms with Crippen molar-refractivity contribution in [2.75, 3.05) is 5.75 Å². The monoisotopic (exact) mass is 460 g/mol. The van der Waals surface area contributed by atoms with Crippen LogP contribution in [0.2, 0.25) is 0 Å². The number of fused-ring (bicyclic) bond motifs is 1. The maximum absolute atomic E-state index is 13.1. The standard InChI is InChI=1S/C22H19F3N4O2S/c1-4-32(30,31)19-9-15(16-7-5-6-13(2)28-16)11-27-21(19)17-8-14-10-20(22(23,24)25)26-12-18(14)29(17)3/h5-12H,4H2,1-3H3. The van der Waals surface area contributed by atoms with Gasteiger partial charge in [-0.25, -0.2) is 13.4 Å². The topological polar surface area (TPSA) is 77.7 Å². The molecule has 4 rings (SSSR count). The predicted octanol–water partition coefficient (Wildman–Crippen LogP) is 4.82. The largest absolute Gasteiger partial charge is 0.433 e. The van der Waals surface area contributed by atoms with Gasteiger partial charge < -0.3 is 4.57 Å². The molecule has 0 aliphatic carbocycles. The third-order valence-electron chi connectivity index (χ3n) is 5.21. The lowest BCUT2D eigenvalue weighted by atomic mass is 10.1. The van der Waals surface area contributed by atoms with Crippen molar-refractivity contribution in [1.82, 2.24) is 19.5 Å². The summed E-state index contributed by atoms with van der Waals surface area (Å²) >= 11 is 0. The number of pyridine rings is 3. The van der Waals surface area contributed by atoms with Crippen LogP contribution in [0.5, 0.6) is 0 Å². The lowest BCUT2D eigenvalue weighted by molar-refractivity contribution is -0.141. The van der Waals surface area contributed by atoms with Gasteiger partial charge >= 0.3 is 6.18 Å². The molecule has 0 amide bonds. The molecule has 0 aromatic carbocycles. The second-order valence-corrected chi connectivity index (χ2v) is 9.60. The van der Waals surface area contributed by atoms with Crippen molar-refractivity contribution in [3.63, 3.8) is 0 Å². The highest BCUT2D eigenvalue weighted by Gasteiger charge is 2.33. The highest BCUT2D eigenvalue weighted by molar-refractivity contribution is 7.91. The van der Waals surface area contributed by atoms with E-state index in [4.69, 9.17) is 0 Å². The summed E-state index contributed by atoms with van der Waals surface area (Å²) < 4.78 is 66.7. The second-order valence-electron chi connectivity index (χ2n) is 7.35. The average Bonchev–Trinajstić information content (AvgIpc) is 3.08. The first-order chi connectivity index (χ1) is 15.0. The molecule has 4 heterocycles. The summed E-state index contributed by atoms with van der Waals surface area (Å²) in [6.45, 7) is 3.35. The summed E-state index contributed by atoms with van der Waals surface area (Å²) in [6.07, 6.45) is -1.94. The second kappa shape index (κ2) is 7.70. The van der Waals surface area contributed by atoms with E-state index in [-0.39, 0.29) is 21.7 Å². The van der Waals surface area contributed by atoms with E-state index in [1.807, 2.05) is 19.1 Å². The van der Waals surface area contributed by atoms with E-state index in [2.05, 4.69) is 15.0 Å². The summed E-state index contributed by atoms with van der Waals surface area (Å²) in [5.41, 5.74) is 1.83. The number of aromatic nitrogens is 4. The smallest absolute Gasteiger partial charge is 0.341 e. The van der Waals surface area contributed by atoms with Gasteiger partial charge in [-0.3, -0.25) is 9.97 Å². The van der Waals surface area contributed by atoms with Gasteiger partial charge in [0.15, 0.2) is 9.84 Å². The fourth-order valence-corrected chi connectivity index (χ4v) is 4.56. The zero-order chi connectivity index (χ0) is 23.3. The van der Waals surface area contributed by atoms with Crippen LogP contribution >= 0.6 is 0 Å². The Morgan fingerprint density at radius 1 is 1.06 bits per heavy atom. The van der Waals surface area contributed by atoms with Gasteiger partial charge in [-0.2, -0.15) is 13.2 Å². The van der Waals surface area contributed by atoms with Crippen LogP contribution in [0, 0.1) is 6.92 Å². The zero-order valence-corrected chi connectivity index (χ0v) is 18.3. The van der Waals surface area contributed by atoms with Gasteiger partial charge in [0.1, 0.15) is 11.4 Å². The molecule has 0 spiro atoms. The van der Waals surface area contributed by atoms with Gasteiger partial charge in [0.2, 0.25) is 0 Å². The molecule has 4 aromatic heterocycles. The molecule has 0 radical (unpaired) electrons. The van der Waals surface area contributed by atoms with Crippen LogP contribution in [0.3, 0.4) is 0 Å².